The van der Waals surface area contributed by atoms with Crippen LogP contribution >= 0.6 is 0 Å². The highest BCUT2D eigenvalue weighted by Gasteiger charge is 2.66. The van der Waals surface area contributed by atoms with Crippen LogP contribution in [-0.2, 0) is 43.2 Å². The van der Waals surface area contributed by atoms with Crippen molar-refractivity contribution in [3.05, 3.63) is 38.0 Å². The fourth-order valence-corrected chi connectivity index (χ4v) is 1.65. The molecule has 1 N–H and O–H groups in total. The van der Waals surface area contributed by atoms with Crippen molar-refractivity contribution in [3.63, 3.8) is 0 Å². The van der Waals surface area contributed by atoms with Gasteiger partial charge >= 0.3 is 35.6 Å². The number of hydrogen-bond acceptors (Lipinski definition) is 9. The molecular weight excluding hydrogens is 352 g/mol. The maximum absolute atomic E-state index is 12.4. The molecule has 0 aromatic carbocycles. The lowest BCUT2D eigenvalue weighted by Crippen LogP contribution is -2.62. The number of rotatable bonds is 9. The molecule has 0 amide bonds. The van der Waals surface area contributed by atoms with E-state index < -0.39 is 41.0 Å². The fourth-order valence-electron chi connectivity index (χ4n) is 1.65. The third-order valence-corrected chi connectivity index (χ3v) is 3.35. The molecule has 0 aliphatic heterocycles. The van der Waals surface area contributed by atoms with E-state index in [0.717, 1.165) is 6.92 Å². The topological polar surface area (TPSA) is 142 Å². The first-order chi connectivity index (χ1) is 12.0. The quantitative estimate of drug-likeness (QED) is 0.204. The smallest absolute Gasteiger partial charge is 0.391 e. The van der Waals surface area contributed by atoms with E-state index in [9.17, 15) is 29.1 Å². The highest BCUT2D eigenvalue weighted by molar-refractivity contribution is 5.95. The zero-order valence-electron chi connectivity index (χ0n) is 14.2. The van der Waals surface area contributed by atoms with E-state index >= 15 is 0 Å². The highest BCUT2D eigenvalue weighted by Crippen LogP contribution is 2.41. The Labute approximate surface area is 148 Å². The summed E-state index contributed by atoms with van der Waals surface area (Å²) in [5, 5.41) is 9.60. The summed E-state index contributed by atoms with van der Waals surface area (Å²) < 4.78 is 9.45. The molecule has 1 unspecified atom stereocenters. The maximum atomic E-state index is 12.4. The molecule has 0 aliphatic carbocycles. The molecule has 10 nitrogen and oxygen atoms in total. The van der Waals surface area contributed by atoms with Gasteiger partial charge in [0.25, 0.3) is 0 Å². The Balaban J connectivity index is 6.26. The standard InChI is InChI=1S/C16H18O10/c1-6-10(17)23-16(13(20)21,24-11(18)7-2)15(5,9-4)14(22)26-25-12(19)8-3/h6-8H,1-3,9H2,4-5H3,(H,20,21). The van der Waals surface area contributed by atoms with E-state index in [2.05, 4.69) is 29.5 Å². The van der Waals surface area contributed by atoms with Crippen LogP contribution in [0.5, 0.6) is 0 Å². The van der Waals surface area contributed by atoms with Crippen LogP contribution in [-0.4, -0.2) is 40.7 Å². The van der Waals surface area contributed by atoms with Gasteiger partial charge in [0.1, 0.15) is 0 Å². The normalized spacial score (nSPS) is 12.5. The minimum absolute atomic E-state index is 0.376. The molecule has 0 heterocycles. The summed E-state index contributed by atoms with van der Waals surface area (Å²) in [4.78, 5) is 66.9. The Hall–Kier alpha value is -3.43. The molecule has 0 fully saturated rings. The molecule has 0 aromatic heterocycles. The lowest BCUT2D eigenvalue weighted by atomic mass is 9.78. The maximum Gasteiger partial charge on any atom is 0.391 e. The molecule has 10 heteroatoms. The van der Waals surface area contributed by atoms with Crippen molar-refractivity contribution >= 4 is 29.8 Å². The molecule has 26 heavy (non-hydrogen) atoms. The van der Waals surface area contributed by atoms with Crippen molar-refractivity contribution in [2.45, 2.75) is 26.1 Å². The Morgan fingerprint density at radius 1 is 0.885 bits per heavy atom. The number of hydrogen-bond donors (Lipinski definition) is 1. The minimum atomic E-state index is -3.16. The summed E-state index contributed by atoms with van der Waals surface area (Å²) in [6.07, 6.45) is 1.49. The van der Waals surface area contributed by atoms with Crippen molar-refractivity contribution in [3.8, 4) is 0 Å². The highest BCUT2D eigenvalue weighted by atomic mass is 17.2. The van der Waals surface area contributed by atoms with Crippen LogP contribution in [0, 0.1) is 5.41 Å². The van der Waals surface area contributed by atoms with Crippen LogP contribution in [0.2, 0.25) is 0 Å². The minimum Gasteiger partial charge on any atom is -0.475 e. The van der Waals surface area contributed by atoms with Crippen molar-refractivity contribution < 1.29 is 48.3 Å². The van der Waals surface area contributed by atoms with Gasteiger partial charge in [0.05, 0.1) is 0 Å². The van der Waals surface area contributed by atoms with E-state index in [4.69, 9.17) is 9.47 Å². The lowest BCUT2D eigenvalue weighted by molar-refractivity contribution is -0.294. The second kappa shape index (κ2) is 9.16. The first kappa shape index (κ1) is 22.6. The molecule has 0 rings (SSSR count). The van der Waals surface area contributed by atoms with Gasteiger partial charge < -0.3 is 14.6 Å². The van der Waals surface area contributed by atoms with Gasteiger partial charge in [0.15, 0.2) is 5.41 Å². The number of carboxylic acid groups (broad SMARTS) is 1. The van der Waals surface area contributed by atoms with Crippen molar-refractivity contribution in [1.82, 2.24) is 0 Å². The van der Waals surface area contributed by atoms with Crippen molar-refractivity contribution in [2.75, 3.05) is 0 Å². The van der Waals surface area contributed by atoms with Crippen LogP contribution in [0.25, 0.3) is 0 Å². The fraction of sp³-hybridized carbons (Fsp3) is 0.312. The number of carboxylic acids is 1. The van der Waals surface area contributed by atoms with Crippen molar-refractivity contribution in [2.24, 2.45) is 5.41 Å². The van der Waals surface area contributed by atoms with Gasteiger partial charge in [0.2, 0.25) is 0 Å². The van der Waals surface area contributed by atoms with Gasteiger partial charge in [-0.05, 0) is 13.3 Å². The van der Waals surface area contributed by atoms with E-state index in [-0.39, 0.29) is 6.42 Å². The predicted octanol–water partition coefficient (Wildman–Crippen LogP) is 0.829. The SMILES string of the molecule is C=CC(=O)OOC(=O)C(C)(CC)C(OC(=O)C=C)(OC(=O)C=C)C(=O)O. The molecule has 0 spiro atoms. The molecule has 0 aromatic rings. The molecule has 1 atom stereocenters. The summed E-state index contributed by atoms with van der Waals surface area (Å²) >= 11 is 0. The van der Waals surface area contributed by atoms with E-state index in [0.29, 0.717) is 18.2 Å². The van der Waals surface area contributed by atoms with Crippen LogP contribution in [0.1, 0.15) is 20.3 Å². The van der Waals surface area contributed by atoms with Gasteiger partial charge in [-0.1, -0.05) is 26.7 Å². The van der Waals surface area contributed by atoms with Gasteiger partial charge in [-0.3, -0.25) is 0 Å². The Kier molecular flexibility index (Phi) is 7.95. The monoisotopic (exact) mass is 370 g/mol. The largest absolute Gasteiger partial charge is 0.475 e. The summed E-state index contributed by atoms with van der Waals surface area (Å²) in [6.45, 7) is 11.6. The van der Waals surface area contributed by atoms with Gasteiger partial charge in [-0.25, -0.2) is 33.7 Å². The molecule has 0 aliphatic rings. The van der Waals surface area contributed by atoms with Crippen LogP contribution < -0.4 is 0 Å². The summed E-state index contributed by atoms with van der Waals surface area (Å²) in [6, 6.07) is 0. The number of ether oxygens (including phenoxy) is 2. The van der Waals surface area contributed by atoms with Crippen LogP contribution in [0.15, 0.2) is 38.0 Å². The first-order valence-corrected chi connectivity index (χ1v) is 7.04. The lowest BCUT2D eigenvalue weighted by Gasteiger charge is -2.39. The average molecular weight is 370 g/mol. The van der Waals surface area contributed by atoms with Crippen LogP contribution in [0.3, 0.4) is 0 Å². The number of carbonyl (C=O) groups excluding carboxylic acids is 4. The van der Waals surface area contributed by atoms with Gasteiger partial charge in [-0.15, -0.1) is 0 Å². The van der Waals surface area contributed by atoms with Gasteiger partial charge in [-0.2, -0.15) is 0 Å². The Morgan fingerprint density at radius 2 is 1.31 bits per heavy atom. The predicted molar refractivity (Wildman–Crippen MR) is 83.7 cm³/mol. The molecule has 0 saturated carbocycles. The Bertz CT molecular complexity index is 625. The van der Waals surface area contributed by atoms with E-state index in [1.807, 2.05) is 0 Å². The molecule has 0 radical (unpaired) electrons. The van der Waals surface area contributed by atoms with Gasteiger partial charge in [0, 0.05) is 18.2 Å². The zero-order valence-corrected chi connectivity index (χ0v) is 14.2. The number of carbonyl (C=O) groups is 5. The first-order valence-electron chi connectivity index (χ1n) is 7.04. The summed E-state index contributed by atoms with van der Waals surface area (Å²) in [7, 11) is 0. The van der Waals surface area contributed by atoms with Crippen molar-refractivity contribution in [1.29, 1.82) is 0 Å². The number of esters is 2. The number of aliphatic carboxylic acids is 1. The summed E-state index contributed by atoms with van der Waals surface area (Å²) in [5.41, 5.74) is -2.32. The van der Waals surface area contributed by atoms with E-state index in [1.54, 1.807) is 0 Å². The van der Waals surface area contributed by atoms with Crippen LogP contribution in [0.4, 0.5) is 0 Å². The summed E-state index contributed by atoms with van der Waals surface area (Å²) in [5.74, 6) is -10.4. The molecule has 0 bridgehead atoms. The third kappa shape index (κ3) is 4.56. The third-order valence-electron chi connectivity index (χ3n) is 3.35. The second-order valence-corrected chi connectivity index (χ2v) is 4.84. The Morgan fingerprint density at radius 3 is 1.62 bits per heavy atom. The molecular formula is C16H18O10. The van der Waals surface area contributed by atoms with E-state index in [1.165, 1.54) is 6.92 Å². The molecule has 142 valence electrons. The average Bonchev–Trinajstić information content (AvgIpc) is 2.63. The molecule has 0 saturated heterocycles. The zero-order chi connectivity index (χ0) is 20.5. The second-order valence-electron chi connectivity index (χ2n) is 4.84.